The van der Waals surface area contributed by atoms with Crippen LogP contribution in [-0.4, -0.2) is 11.7 Å². The first kappa shape index (κ1) is 4.61. The van der Waals surface area contributed by atoms with Crippen molar-refractivity contribution < 1.29 is 5.11 Å². The number of aliphatic hydroxyl groups is 1. The molecule has 0 aromatic rings. The molecule has 0 bridgehead atoms. The first-order valence-electron chi connectivity index (χ1n) is 1.46. The molecule has 0 unspecified atom stereocenters. The van der Waals surface area contributed by atoms with E-state index in [2.05, 4.69) is 0 Å². The molecule has 0 aliphatic heterocycles. The van der Waals surface area contributed by atoms with Gasteiger partial charge in [0.05, 0.1) is 0 Å². The molecular weight excluding hydrogens is 64.0 g/mol. The van der Waals surface area contributed by atoms with Crippen LogP contribution in [0.3, 0.4) is 0 Å². The Labute approximate surface area is 31.9 Å². The average molecular weight is 71.1 g/mol. The highest BCUT2D eigenvalue weighted by molar-refractivity contribution is 4.82. The summed E-state index contributed by atoms with van der Waals surface area (Å²) in [4.78, 5) is 0. The van der Waals surface area contributed by atoms with Crippen molar-refractivity contribution in [1.82, 2.24) is 0 Å². The van der Waals surface area contributed by atoms with E-state index in [1.54, 1.807) is 6.92 Å². The fraction of sp³-hybridized carbons (Fsp3) is 0.500. The molecule has 1 heteroatoms. The van der Waals surface area contributed by atoms with Crippen LogP contribution in [0.15, 0.2) is 5.57 Å². The highest BCUT2D eigenvalue weighted by atomic mass is 16.3. The van der Waals surface area contributed by atoms with Gasteiger partial charge in [-0.05, 0) is 0 Å². The van der Waals surface area contributed by atoms with E-state index in [4.69, 9.17) is 11.7 Å². The molecule has 0 saturated carbocycles. The van der Waals surface area contributed by atoms with Crippen molar-refractivity contribution in [3.63, 3.8) is 0 Å². The minimum Gasteiger partial charge on any atom is -0.387 e. The Balaban J connectivity index is 2.85. The van der Waals surface area contributed by atoms with Crippen LogP contribution in [0.1, 0.15) is 6.92 Å². The quantitative estimate of drug-likeness (QED) is 0.442. The second kappa shape index (κ2) is 1.89. The van der Waals surface area contributed by atoms with Crippen molar-refractivity contribution in [1.29, 1.82) is 0 Å². The number of rotatable bonds is 1. The zero-order valence-corrected chi connectivity index (χ0v) is 3.23. The van der Waals surface area contributed by atoms with E-state index in [1.807, 2.05) is 0 Å². The molecule has 0 rings (SSSR count). The molecule has 0 aliphatic rings. The Morgan fingerprint density at radius 1 is 2.00 bits per heavy atom. The molecule has 0 radical (unpaired) electrons. The van der Waals surface area contributed by atoms with E-state index in [9.17, 15) is 0 Å². The van der Waals surface area contributed by atoms with Gasteiger partial charge < -0.3 is 5.11 Å². The van der Waals surface area contributed by atoms with Crippen LogP contribution in [0.5, 0.6) is 0 Å². The van der Waals surface area contributed by atoms with Gasteiger partial charge in [0.1, 0.15) is 6.61 Å². The second-order valence-electron chi connectivity index (χ2n) is 1.00. The standard InChI is InChI=1S/C4H7O/c1-4(2)3-5/h1,5H,3H2,2H3/q+1. The molecule has 0 atom stereocenters. The summed E-state index contributed by atoms with van der Waals surface area (Å²) in [6.45, 7) is 6.62. The van der Waals surface area contributed by atoms with Gasteiger partial charge in [-0.15, -0.1) is 0 Å². The first-order chi connectivity index (χ1) is 2.27. The van der Waals surface area contributed by atoms with Gasteiger partial charge in [-0.25, -0.2) is 0 Å². The maximum absolute atomic E-state index is 7.98. The van der Waals surface area contributed by atoms with E-state index in [0.29, 0.717) is 5.57 Å². The van der Waals surface area contributed by atoms with Gasteiger partial charge in [0, 0.05) is 6.92 Å². The molecule has 0 aromatic heterocycles. The van der Waals surface area contributed by atoms with Crippen LogP contribution in [-0.2, 0) is 0 Å². The SMILES string of the molecule is [CH+]=C(C)CO. The lowest BCUT2D eigenvalue weighted by molar-refractivity contribution is 0.331. The molecule has 1 N–H and O–H groups in total. The Morgan fingerprint density at radius 3 is 2.20 bits per heavy atom. The zero-order chi connectivity index (χ0) is 4.28. The summed E-state index contributed by atoms with van der Waals surface area (Å²) in [5.74, 6) is 0. The van der Waals surface area contributed by atoms with Gasteiger partial charge in [0.15, 0.2) is 5.57 Å². The summed E-state index contributed by atoms with van der Waals surface area (Å²) in [7, 11) is 0. The smallest absolute Gasteiger partial charge is 0.207 e. The molecule has 0 fully saturated rings. The third-order valence-corrected chi connectivity index (χ3v) is 0.249. The Hall–Kier alpha value is -0.390. The minimum absolute atomic E-state index is 0. The molecule has 0 aliphatic carbocycles. The van der Waals surface area contributed by atoms with Gasteiger partial charge in [0.2, 0.25) is 6.58 Å². The highest BCUT2D eigenvalue weighted by Gasteiger charge is 1.83. The molecule has 0 amide bonds. The number of aliphatic hydroxyl groups excluding tert-OH is 1. The third kappa shape index (κ3) is 3.61. The fourth-order valence-corrected chi connectivity index (χ4v) is 0. The van der Waals surface area contributed by atoms with E-state index in [1.165, 1.54) is 0 Å². The topological polar surface area (TPSA) is 20.2 Å². The number of hydrogen-bond donors (Lipinski definition) is 1. The molecule has 0 aromatic carbocycles. The van der Waals surface area contributed by atoms with Gasteiger partial charge in [-0.3, -0.25) is 0 Å². The highest BCUT2D eigenvalue weighted by Crippen LogP contribution is 1.76. The van der Waals surface area contributed by atoms with E-state index >= 15 is 0 Å². The van der Waals surface area contributed by atoms with Crippen LogP contribution < -0.4 is 0 Å². The monoisotopic (exact) mass is 71.0 g/mol. The van der Waals surface area contributed by atoms with E-state index in [0.717, 1.165) is 0 Å². The maximum atomic E-state index is 7.98. The molecule has 0 spiro atoms. The molecule has 1 nitrogen and oxygen atoms in total. The van der Waals surface area contributed by atoms with Crippen molar-refractivity contribution in [2.24, 2.45) is 0 Å². The summed E-state index contributed by atoms with van der Waals surface area (Å²) in [6.07, 6.45) is 0. The van der Waals surface area contributed by atoms with Crippen LogP contribution in [0.4, 0.5) is 0 Å². The Bertz CT molecular complexity index is 38.9. The minimum atomic E-state index is 0. The van der Waals surface area contributed by atoms with Crippen LogP contribution in [0, 0.1) is 6.58 Å². The predicted molar refractivity (Wildman–Crippen MR) is 20.6 cm³/mol. The van der Waals surface area contributed by atoms with E-state index < -0.39 is 0 Å². The zero-order valence-electron chi connectivity index (χ0n) is 3.23. The van der Waals surface area contributed by atoms with Crippen molar-refractivity contribution in [3.8, 4) is 0 Å². The van der Waals surface area contributed by atoms with Crippen molar-refractivity contribution in [2.75, 3.05) is 6.61 Å². The lowest BCUT2D eigenvalue weighted by Crippen LogP contribution is -1.77. The second-order valence-corrected chi connectivity index (χ2v) is 1.00. The summed E-state index contributed by atoms with van der Waals surface area (Å²) in [6, 6.07) is 0. The molecule has 5 heavy (non-hydrogen) atoms. The summed E-state index contributed by atoms with van der Waals surface area (Å²) < 4.78 is 0. The fourth-order valence-electron chi connectivity index (χ4n) is 0. The summed E-state index contributed by atoms with van der Waals surface area (Å²) in [5, 5.41) is 7.98. The number of hydrogen-bond acceptors (Lipinski definition) is 1. The van der Waals surface area contributed by atoms with Gasteiger partial charge in [-0.1, -0.05) is 0 Å². The molecule has 28 valence electrons. The third-order valence-electron chi connectivity index (χ3n) is 0.249. The lowest BCUT2D eigenvalue weighted by atomic mass is 10.4. The predicted octanol–water partition coefficient (Wildman–Crippen LogP) is 0.358. The lowest BCUT2D eigenvalue weighted by Gasteiger charge is -1.67. The summed E-state index contributed by atoms with van der Waals surface area (Å²) in [5.41, 5.74) is 0.560. The van der Waals surface area contributed by atoms with Crippen LogP contribution in [0.25, 0.3) is 0 Å². The van der Waals surface area contributed by atoms with E-state index in [-0.39, 0.29) is 6.61 Å². The van der Waals surface area contributed by atoms with Gasteiger partial charge >= 0.3 is 0 Å². The molecular formula is C4H7O+. The van der Waals surface area contributed by atoms with Crippen LogP contribution >= 0.6 is 0 Å². The maximum Gasteiger partial charge on any atom is 0.207 e. The van der Waals surface area contributed by atoms with Gasteiger partial charge in [0.25, 0.3) is 0 Å². The largest absolute Gasteiger partial charge is 0.387 e. The molecule has 0 heterocycles. The first-order valence-corrected chi connectivity index (χ1v) is 1.46. The van der Waals surface area contributed by atoms with Crippen molar-refractivity contribution in [2.45, 2.75) is 6.92 Å². The van der Waals surface area contributed by atoms with Gasteiger partial charge in [-0.2, -0.15) is 0 Å². The van der Waals surface area contributed by atoms with Crippen molar-refractivity contribution in [3.05, 3.63) is 12.2 Å². The van der Waals surface area contributed by atoms with Crippen LogP contribution in [0.2, 0.25) is 0 Å². The Morgan fingerprint density at radius 2 is 2.20 bits per heavy atom. The average Bonchev–Trinajstić information content (AvgIpc) is 1.38. The summed E-state index contributed by atoms with van der Waals surface area (Å²) >= 11 is 0. The molecule has 0 saturated heterocycles. The van der Waals surface area contributed by atoms with Crippen molar-refractivity contribution >= 4 is 0 Å². The Kier molecular flexibility index (Phi) is 1.74. The normalized spacial score (nSPS) is 7.40.